The number of amides is 1. The van der Waals surface area contributed by atoms with E-state index in [0.717, 1.165) is 38.5 Å². The van der Waals surface area contributed by atoms with Gasteiger partial charge in [0, 0.05) is 6.42 Å². The van der Waals surface area contributed by atoms with Crippen LogP contribution in [0.5, 0.6) is 0 Å². The van der Waals surface area contributed by atoms with Gasteiger partial charge in [-0.05, 0) is 57.8 Å². The second-order valence-electron chi connectivity index (χ2n) is 17.8. The largest absolute Gasteiger partial charge is 0.472 e. The summed E-state index contributed by atoms with van der Waals surface area (Å²) >= 11 is 0. The Morgan fingerprint density at radius 1 is 0.569 bits per heavy atom. The Hall–Kier alpha value is -1.28. The molecule has 8 nitrogen and oxygen atoms in total. The molecule has 3 N–H and O–H groups in total. The highest BCUT2D eigenvalue weighted by Gasteiger charge is 2.27. The predicted octanol–water partition coefficient (Wildman–Crippen LogP) is 13.9. The SMILES string of the molecule is CCCCCCC/C=C/CC/C=C/C(O)C(COP(=O)(O)OCC[N+](C)(C)C)NC(=O)CCCCCCCCCCCCCCC/C=C\CCCCCCCCCC. The highest BCUT2D eigenvalue weighted by molar-refractivity contribution is 7.47. The minimum atomic E-state index is -4.34. The van der Waals surface area contributed by atoms with E-state index in [1.54, 1.807) is 6.08 Å². The number of aliphatic hydroxyl groups excluding tert-OH is 1. The number of carbonyl (C=O) groups is 1. The fourth-order valence-corrected chi connectivity index (χ4v) is 7.67. The van der Waals surface area contributed by atoms with Crippen molar-refractivity contribution in [3.8, 4) is 0 Å². The summed E-state index contributed by atoms with van der Waals surface area (Å²) in [6.45, 7) is 4.77. The third-order valence-electron chi connectivity index (χ3n) is 10.8. The molecule has 0 rings (SSSR count). The third-order valence-corrected chi connectivity index (χ3v) is 11.8. The standard InChI is InChI=1S/C49H95N2O6P/c1-6-8-10-12-14-16-18-19-20-21-22-23-24-25-26-27-28-29-30-31-33-35-37-39-41-43-49(53)50-47(46-57-58(54,55)56-45-44-51(3,4)5)48(52)42-40-38-36-34-32-17-15-13-11-9-7-2/h21-22,32,34,40,42,47-48,52H,6-20,23-31,33,35-39,41,43-46H2,1-5H3,(H-,50,53,54,55)/p+1/b22-21-,34-32+,42-40+. The van der Waals surface area contributed by atoms with Gasteiger partial charge >= 0.3 is 7.82 Å². The summed E-state index contributed by atoms with van der Waals surface area (Å²) in [5.41, 5.74) is 0. The van der Waals surface area contributed by atoms with Gasteiger partial charge in [-0.2, -0.15) is 0 Å². The van der Waals surface area contributed by atoms with E-state index < -0.39 is 20.0 Å². The van der Waals surface area contributed by atoms with Gasteiger partial charge in [0.25, 0.3) is 0 Å². The molecule has 0 aliphatic rings. The van der Waals surface area contributed by atoms with Gasteiger partial charge in [0.05, 0.1) is 39.9 Å². The van der Waals surface area contributed by atoms with Crippen molar-refractivity contribution in [2.45, 2.75) is 231 Å². The molecule has 0 radical (unpaired) electrons. The molecule has 0 aliphatic carbocycles. The summed E-state index contributed by atoms with van der Waals surface area (Å²) in [6, 6.07) is -0.860. The van der Waals surface area contributed by atoms with E-state index >= 15 is 0 Å². The van der Waals surface area contributed by atoms with Gasteiger partial charge in [-0.1, -0.05) is 192 Å². The first-order chi connectivity index (χ1) is 28.0. The number of quaternary nitrogens is 1. The number of phosphoric ester groups is 1. The smallest absolute Gasteiger partial charge is 0.387 e. The first-order valence-electron chi connectivity index (χ1n) is 24.4. The number of likely N-dealkylation sites (N-methyl/N-ethyl adjacent to an activating group) is 1. The van der Waals surface area contributed by atoms with Crippen molar-refractivity contribution in [2.75, 3.05) is 40.9 Å². The highest BCUT2D eigenvalue weighted by Crippen LogP contribution is 2.43. The lowest BCUT2D eigenvalue weighted by Gasteiger charge is -2.25. The molecule has 0 spiro atoms. The van der Waals surface area contributed by atoms with Crippen LogP contribution >= 0.6 is 7.82 Å². The van der Waals surface area contributed by atoms with Crippen molar-refractivity contribution in [3.63, 3.8) is 0 Å². The second kappa shape index (κ2) is 41.1. The average Bonchev–Trinajstić information content (AvgIpc) is 3.17. The van der Waals surface area contributed by atoms with Gasteiger partial charge in [0.2, 0.25) is 5.91 Å². The first-order valence-corrected chi connectivity index (χ1v) is 25.9. The van der Waals surface area contributed by atoms with Crippen molar-refractivity contribution in [1.82, 2.24) is 5.32 Å². The number of rotatable bonds is 44. The molecule has 58 heavy (non-hydrogen) atoms. The van der Waals surface area contributed by atoms with Crippen LogP contribution in [0.4, 0.5) is 0 Å². The van der Waals surface area contributed by atoms with Crippen LogP contribution in [0.15, 0.2) is 36.5 Å². The number of unbranched alkanes of at least 4 members (excludes halogenated alkanes) is 27. The molecule has 342 valence electrons. The lowest BCUT2D eigenvalue weighted by molar-refractivity contribution is -0.870. The number of hydrogen-bond acceptors (Lipinski definition) is 5. The van der Waals surface area contributed by atoms with E-state index in [9.17, 15) is 19.4 Å². The van der Waals surface area contributed by atoms with Gasteiger partial charge in [-0.15, -0.1) is 0 Å². The summed E-state index contributed by atoms with van der Waals surface area (Å²) in [5, 5.41) is 13.8. The molecular weight excluding hydrogens is 744 g/mol. The molecule has 0 aromatic carbocycles. The Bertz CT molecular complexity index is 1040. The van der Waals surface area contributed by atoms with Crippen LogP contribution in [0.1, 0.15) is 219 Å². The number of carbonyl (C=O) groups excluding carboxylic acids is 1. The number of nitrogens with one attached hydrogen (secondary N) is 1. The molecule has 0 saturated carbocycles. The van der Waals surface area contributed by atoms with E-state index in [4.69, 9.17) is 9.05 Å². The number of hydrogen-bond donors (Lipinski definition) is 3. The Balaban J connectivity index is 4.19. The van der Waals surface area contributed by atoms with Crippen molar-refractivity contribution >= 4 is 13.7 Å². The number of nitrogens with zero attached hydrogens (tertiary/aromatic N) is 1. The number of allylic oxidation sites excluding steroid dienone is 5. The van der Waals surface area contributed by atoms with E-state index in [1.165, 1.54) is 161 Å². The molecule has 0 heterocycles. The molecule has 3 atom stereocenters. The first kappa shape index (κ1) is 56.7. The normalized spacial score (nSPS) is 14.5. The zero-order valence-electron chi connectivity index (χ0n) is 38.8. The van der Waals surface area contributed by atoms with E-state index in [-0.39, 0.29) is 19.1 Å². The van der Waals surface area contributed by atoms with Crippen LogP contribution in [-0.4, -0.2) is 73.4 Å². The molecule has 1 amide bonds. The molecule has 0 aromatic heterocycles. The summed E-state index contributed by atoms with van der Waals surface area (Å²) in [7, 11) is 1.56. The Kier molecular flexibility index (Phi) is 40.2. The maximum absolute atomic E-state index is 12.9. The van der Waals surface area contributed by atoms with Gasteiger partial charge in [0.1, 0.15) is 13.2 Å². The third kappa shape index (κ3) is 42.8. The van der Waals surface area contributed by atoms with Crippen LogP contribution in [0.2, 0.25) is 0 Å². The van der Waals surface area contributed by atoms with Crippen LogP contribution in [0.25, 0.3) is 0 Å². The van der Waals surface area contributed by atoms with Gasteiger partial charge in [-0.25, -0.2) is 4.57 Å². The molecule has 0 bridgehead atoms. The van der Waals surface area contributed by atoms with Crippen LogP contribution in [0.3, 0.4) is 0 Å². The summed E-state index contributed by atoms with van der Waals surface area (Å²) in [5.74, 6) is -0.188. The van der Waals surface area contributed by atoms with Crippen LogP contribution < -0.4 is 5.32 Å². The topological polar surface area (TPSA) is 105 Å². The van der Waals surface area contributed by atoms with Crippen molar-refractivity contribution in [2.24, 2.45) is 0 Å². The van der Waals surface area contributed by atoms with E-state index in [0.29, 0.717) is 17.4 Å². The summed E-state index contributed by atoms with van der Waals surface area (Å²) in [6.07, 6.45) is 50.9. The summed E-state index contributed by atoms with van der Waals surface area (Å²) in [4.78, 5) is 23.1. The fourth-order valence-electron chi connectivity index (χ4n) is 6.93. The zero-order valence-corrected chi connectivity index (χ0v) is 39.7. The number of phosphoric acid groups is 1. The second-order valence-corrected chi connectivity index (χ2v) is 19.3. The molecule has 9 heteroatoms. The Morgan fingerprint density at radius 3 is 1.38 bits per heavy atom. The van der Waals surface area contributed by atoms with Crippen LogP contribution in [0, 0.1) is 0 Å². The van der Waals surface area contributed by atoms with Gasteiger partial charge in [-0.3, -0.25) is 13.8 Å². The lowest BCUT2D eigenvalue weighted by Crippen LogP contribution is -2.45. The van der Waals surface area contributed by atoms with E-state index in [2.05, 4.69) is 43.5 Å². The molecule has 3 unspecified atom stereocenters. The average molecular weight is 840 g/mol. The molecule has 0 saturated heterocycles. The quantitative estimate of drug-likeness (QED) is 0.0244. The predicted molar refractivity (Wildman–Crippen MR) is 249 cm³/mol. The summed E-state index contributed by atoms with van der Waals surface area (Å²) < 4.78 is 23.5. The monoisotopic (exact) mass is 840 g/mol. The fraction of sp³-hybridized carbons (Fsp3) is 0.857. The maximum Gasteiger partial charge on any atom is 0.472 e. The lowest BCUT2D eigenvalue weighted by atomic mass is 10.0. The molecule has 0 fully saturated rings. The Morgan fingerprint density at radius 2 is 0.948 bits per heavy atom. The van der Waals surface area contributed by atoms with Crippen molar-refractivity contribution < 1.29 is 32.9 Å². The minimum absolute atomic E-state index is 0.0565. The van der Waals surface area contributed by atoms with Crippen LogP contribution in [-0.2, 0) is 18.4 Å². The molecular formula is C49H96N2O6P+. The number of aliphatic hydroxyl groups is 1. The maximum atomic E-state index is 12.9. The molecule has 0 aliphatic heterocycles. The van der Waals surface area contributed by atoms with Crippen molar-refractivity contribution in [1.29, 1.82) is 0 Å². The van der Waals surface area contributed by atoms with Crippen molar-refractivity contribution in [3.05, 3.63) is 36.5 Å². The highest BCUT2D eigenvalue weighted by atomic mass is 31.2. The Labute approximate surface area is 359 Å². The van der Waals surface area contributed by atoms with Gasteiger partial charge < -0.3 is 19.8 Å². The molecule has 0 aromatic rings. The van der Waals surface area contributed by atoms with E-state index in [1.807, 2.05) is 27.2 Å². The van der Waals surface area contributed by atoms with Gasteiger partial charge in [0.15, 0.2) is 0 Å². The minimum Gasteiger partial charge on any atom is -0.387 e. The zero-order chi connectivity index (χ0) is 42.8.